The maximum atomic E-state index is 13.0. The summed E-state index contributed by atoms with van der Waals surface area (Å²) in [5.41, 5.74) is 0.911. The molecule has 134 valence electrons. The minimum atomic E-state index is -4.50. The molecule has 9 heteroatoms. The van der Waals surface area contributed by atoms with E-state index in [4.69, 9.17) is 0 Å². The van der Waals surface area contributed by atoms with Crippen molar-refractivity contribution in [1.82, 2.24) is 15.0 Å². The van der Waals surface area contributed by atoms with Crippen LogP contribution < -0.4 is 10.6 Å². The Labute approximate surface area is 142 Å². The summed E-state index contributed by atoms with van der Waals surface area (Å²) in [7, 11) is 0. The molecule has 2 N–H and O–H groups in total. The van der Waals surface area contributed by atoms with E-state index in [9.17, 15) is 18.0 Å². The molecule has 6 nitrogen and oxygen atoms in total. The number of benzene rings is 1. The fourth-order valence-corrected chi connectivity index (χ4v) is 2.03. The van der Waals surface area contributed by atoms with E-state index in [0.717, 1.165) is 12.5 Å². The zero-order valence-corrected chi connectivity index (χ0v) is 13.9. The molecule has 25 heavy (non-hydrogen) atoms. The predicted molar refractivity (Wildman–Crippen MR) is 87.1 cm³/mol. The quantitative estimate of drug-likeness (QED) is 0.857. The summed E-state index contributed by atoms with van der Waals surface area (Å²) >= 11 is 0. The molecule has 0 aliphatic carbocycles. The Kier molecular flexibility index (Phi) is 5.55. The van der Waals surface area contributed by atoms with Crippen LogP contribution >= 0.6 is 0 Å². The van der Waals surface area contributed by atoms with Crippen molar-refractivity contribution in [3.63, 3.8) is 0 Å². The van der Waals surface area contributed by atoms with Crippen LogP contribution in [0.15, 0.2) is 30.3 Å². The SMILES string of the molecule is CC(=O)Nc1nc(NC(C)c2ccccc2)nc(C(C)C(F)(F)F)n1. The summed E-state index contributed by atoms with van der Waals surface area (Å²) in [6, 6.07) is 9.04. The Morgan fingerprint density at radius 2 is 1.64 bits per heavy atom. The third-order valence-corrected chi connectivity index (χ3v) is 3.46. The van der Waals surface area contributed by atoms with Gasteiger partial charge in [-0.1, -0.05) is 30.3 Å². The van der Waals surface area contributed by atoms with Crippen molar-refractivity contribution in [2.45, 2.75) is 38.9 Å². The first kappa shape index (κ1) is 18.6. The molecule has 0 aliphatic heterocycles. The molecule has 2 aromatic rings. The number of nitrogens with zero attached hydrogens (tertiary/aromatic N) is 3. The molecule has 2 unspecified atom stereocenters. The van der Waals surface area contributed by atoms with E-state index in [-0.39, 0.29) is 17.9 Å². The Morgan fingerprint density at radius 3 is 2.20 bits per heavy atom. The Hall–Kier alpha value is -2.71. The number of halogens is 3. The monoisotopic (exact) mass is 353 g/mol. The Morgan fingerprint density at radius 1 is 1.04 bits per heavy atom. The normalized spacial score (nSPS) is 13.8. The molecule has 0 bridgehead atoms. The number of nitrogens with one attached hydrogen (secondary N) is 2. The van der Waals surface area contributed by atoms with Gasteiger partial charge in [0, 0.05) is 6.92 Å². The van der Waals surface area contributed by atoms with Crippen LogP contribution in [0.3, 0.4) is 0 Å². The molecule has 0 radical (unpaired) electrons. The highest BCUT2D eigenvalue weighted by Crippen LogP contribution is 2.33. The third-order valence-electron chi connectivity index (χ3n) is 3.46. The molecular weight excluding hydrogens is 335 g/mol. The predicted octanol–water partition coefficient (Wildman–Crippen LogP) is 3.67. The van der Waals surface area contributed by atoms with Gasteiger partial charge in [0.1, 0.15) is 11.7 Å². The molecule has 0 fully saturated rings. The molecule has 0 saturated heterocycles. The molecule has 0 aliphatic rings. The standard InChI is InChI=1S/C16H18F3N5O/c1-9(16(17,18)19)13-22-14(24-15(23-13)21-11(3)25)20-10(2)12-7-5-4-6-8-12/h4-10H,1-3H3,(H2,20,21,22,23,24,25). The first-order chi connectivity index (χ1) is 11.7. The summed E-state index contributed by atoms with van der Waals surface area (Å²) in [5, 5.41) is 5.23. The summed E-state index contributed by atoms with van der Waals surface area (Å²) in [5.74, 6) is -3.11. The van der Waals surface area contributed by atoms with E-state index in [1.165, 1.54) is 6.92 Å². The van der Waals surface area contributed by atoms with Gasteiger partial charge in [-0.25, -0.2) is 0 Å². The summed E-state index contributed by atoms with van der Waals surface area (Å²) in [4.78, 5) is 22.7. The van der Waals surface area contributed by atoms with Crippen molar-refractivity contribution >= 4 is 17.8 Å². The lowest BCUT2D eigenvalue weighted by Gasteiger charge is -2.18. The van der Waals surface area contributed by atoms with Gasteiger partial charge in [0.05, 0.1) is 6.04 Å². The molecule has 2 atom stereocenters. The first-order valence-electron chi connectivity index (χ1n) is 7.58. The zero-order valence-electron chi connectivity index (χ0n) is 13.9. The van der Waals surface area contributed by atoms with Crippen LogP contribution in [0, 0.1) is 0 Å². The van der Waals surface area contributed by atoms with Gasteiger partial charge in [0.2, 0.25) is 17.8 Å². The number of anilines is 2. The van der Waals surface area contributed by atoms with Crippen LogP contribution in [0.5, 0.6) is 0 Å². The molecule has 1 heterocycles. The van der Waals surface area contributed by atoms with Crippen molar-refractivity contribution in [1.29, 1.82) is 0 Å². The fourth-order valence-electron chi connectivity index (χ4n) is 2.03. The van der Waals surface area contributed by atoms with E-state index >= 15 is 0 Å². The second kappa shape index (κ2) is 7.45. The second-order valence-electron chi connectivity index (χ2n) is 5.56. The topological polar surface area (TPSA) is 79.8 Å². The van der Waals surface area contributed by atoms with Gasteiger partial charge in [0.15, 0.2) is 0 Å². The molecule has 2 rings (SSSR count). The smallest absolute Gasteiger partial charge is 0.348 e. The van der Waals surface area contributed by atoms with Crippen LogP contribution in [0.2, 0.25) is 0 Å². The van der Waals surface area contributed by atoms with E-state index in [2.05, 4.69) is 25.6 Å². The molecule has 0 saturated carbocycles. The number of rotatable bonds is 5. The average molecular weight is 353 g/mol. The summed E-state index contributed by atoms with van der Waals surface area (Å²) in [6.45, 7) is 4.00. The third kappa shape index (κ3) is 5.13. The van der Waals surface area contributed by atoms with Crippen LogP contribution in [-0.2, 0) is 4.79 Å². The largest absolute Gasteiger partial charge is 0.398 e. The highest BCUT2D eigenvalue weighted by molar-refractivity contribution is 5.86. The number of aromatic nitrogens is 3. The number of hydrogen-bond donors (Lipinski definition) is 2. The van der Waals surface area contributed by atoms with Gasteiger partial charge in [-0.15, -0.1) is 0 Å². The van der Waals surface area contributed by atoms with E-state index < -0.39 is 23.8 Å². The molecule has 1 amide bonds. The van der Waals surface area contributed by atoms with Gasteiger partial charge in [-0.2, -0.15) is 28.1 Å². The van der Waals surface area contributed by atoms with Gasteiger partial charge in [-0.05, 0) is 19.4 Å². The fraction of sp³-hybridized carbons (Fsp3) is 0.375. The number of carbonyl (C=O) groups excluding carboxylic acids is 1. The van der Waals surface area contributed by atoms with Gasteiger partial charge >= 0.3 is 6.18 Å². The minimum absolute atomic E-state index is 0.0406. The van der Waals surface area contributed by atoms with E-state index in [1.54, 1.807) is 0 Å². The Balaban J connectivity index is 2.34. The second-order valence-corrected chi connectivity index (χ2v) is 5.56. The number of hydrogen-bond acceptors (Lipinski definition) is 5. The molecule has 0 spiro atoms. The van der Waals surface area contributed by atoms with Crippen molar-refractivity contribution in [2.75, 3.05) is 10.6 Å². The van der Waals surface area contributed by atoms with Crippen molar-refractivity contribution in [3.8, 4) is 0 Å². The summed E-state index contributed by atoms with van der Waals surface area (Å²) < 4.78 is 38.9. The highest BCUT2D eigenvalue weighted by Gasteiger charge is 2.39. The van der Waals surface area contributed by atoms with E-state index in [1.807, 2.05) is 37.3 Å². The van der Waals surface area contributed by atoms with Crippen molar-refractivity contribution in [2.24, 2.45) is 0 Å². The number of alkyl halides is 3. The van der Waals surface area contributed by atoms with Crippen molar-refractivity contribution in [3.05, 3.63) is 41.7 Å². The van der Waals surface area contributed by atoms with Crippen molar-refractivity contribution < 1.29 is 18.0 Å². The lowest BCUT2D eigenvalue weighted by molar-refractivity contribution is -0.147. The van der Waals surface area contributed by atoms with Crippen LogP contribution in [-0.4, -0.2) is 27.0 Å². The molecule has 1 aromatic heterocycles. The first-order valence-corrected chi connectivity index (χ1v) is 7.58. The van der Waals surface area contributed by atoms with Crippen LogP contribution in [0.1, 0.15) is 44.1 Å². The number of amides is 1. The minimum Gasteiger partial charge on any atom is -0.348 e. The van der Waals surface area contributed by atoms with Crippen LogP contribution in [0.25, 0.3) is 0 Å². The van der Waals surface area contributed by atoms with Gasteiger partial charge in [0.25, 0.3) is 0 Å². The van der Waals surface area contributed by atoms with Crippen LogP contribution in [0.4, 0.5) is 25.1 Å². The summed E-state index contributed by atoms with van der Waals surface area (Å²) in [6.07, 6.45) is -4.50. The zero-order chi connectivity index (χ0) is 18.6. The van der Waals surface area contributed by atoms with Gasteiger partial charge in [-0.3, -0.25) is 10.1 Å². The average Bonchev–Trinajstić information content (AvgIpc) is 2.53. The number of carbonyl (C=O) groups is 1. The lowest BCUT2D eigenvalue weighted by atomic mass is 10.1. The molecular formula is C16H18F3N5O. The maximum absolute atomic E-state index is 13.0. The lowest BCUT2D eigenvalue weighted by Crippen LogP contribution is -2.23. The van der Waals surface area contributed by atoms with Gasteiger partial charge < -0.3 is 5.32 Å². The highest BCUT2D eigenvalue weighted by atomic mass is 19.4. The van der Waals surface area contributed by atoms with E-state index in [0.29, 0.717) is 0 Å². The molecule has 1 aromatic carbocycles. The Bertz CT molecular complexity index is 736. The maximum Gasteiger partial charge on any atom is 0.398 e.